The molecule has 2 aromatic heterocycles. The van der Waals surface area contributed by atoms with E-state index in [-0.39, 0.29) is 30.2 Å². The van der Waals surface area contributed by atoms with Gasteiger partial charge in [-0.25, -0.2) is 18.6 Å². The summed E-state index contributed by atoms with van der Waals surface area (Å²) in [6, 6.07) is 2.78. The molecule has 0 amide bonds. The van der Waals surface area contributed by atoms with Gasteiger partial charge in [-0.2, -0.15) is 0 Å². The van der Waals surface area contributed by atoms with E-state index in [4.69, 9.17) is 14.3 Å². The van der Waals surface area contributed by atoms with Crippen molar-refractivity contribution in [3.63, 3.8) is 0 Å². The Balaban J connectivity index is 0.000000207. The Morgan fingerprint density at radius 1 is 1.31 bits per heavy atom. The van der Waals surface area contributed by atoms with E-state index in [1.807, 2.05) is 0 Å². The molecule has 9 nitrogen and oxygen atoms in total. The van der Waals surface area contributed by atoms with E-state index in [1.165, 1.54) is 17.0 Å². The summed E-state index contributed by atoms with van der Waals surface area (Å²) in [4.78, 5) is 16.3. The summed E-state index contributed by atoms with van der Waals surface area (Å²) in [5, 5.41) is 19.8. The van der Waals surface area contributed by atoms with Crippen LogP contribution in [0.4, 0.5) is 14.5 Å². The number of pyridine rings is 1. The quantitative estimate of drug-likeness (QED) is 0.652. The molecule has 1 saturated carbocycles. The van der Waals surface area contributed by atoms with Crippen LogP contribution in [-0.4, -0.2) is 57.4 Å². The minimum atomic E-state index is -2.70. The number of alkyl halides is 2. The lowest BCUT2D eigenvalue weighted by molar-refractivity contribution is -0.0265. The summed E-state index contributed by atoms with van der Waals surface area (Å²) in [6.07, 6.45) is 2.16. The first-order valence-electron chi connectivity index (χ1n) is 10.5. The Morgan fingerprint density at radius 2 is 2.00 bits per heavy atom. The van der Waals surface area contributed by atoms with Crippen molar-refractivity contribution in [2.45, 2.75) is 58.5 Å². The highest BCUT2D eigenvalue weighted by molar-refractivity contribution is 5.86. The third-order valence-corrected chi connectivity index (χ3v) is 4.73. The number of rotatable bonds is 7. The monoisotopic (exact) mass is 453 g/mol. The molecular formula is C21H29F2N5O4. The molecule has 32 heavy (non-hydrogen) atoms. The van der Waals surface area contributed by atoms with Crippen LogP contribution in [-0.2, 0) is 6.54 Å². The van der Waals surface area contributed by atoms with Crippen molar-refractivity contribution in [1.29, 1.82) is 0 Å². The Kier molecular flexibility index (Phi) is 6.97. The molecule has 0 bridgehead atoms. The molecule has 11 heteroatoms. The smallest absolute Gasteiger partial charge is 0.354 e. The summed E-state index contributed by atoms with van der Waals surface area (Å²) < 4.78 is 36.6. The Hall–Kier alpha value is -2.82. The van der Waals surface area contributed by atoms with Crippen LogP contribution < -0.4 is 15.0 Å². The normalized spacial score (nSPS) is 17.2. The molecule has 1 aliphatic carbocycles. The highest BCUT2D eigenvalue weighted by atomic mass is 19.3. The first-order chi connectivity index (χ1) is 14.9. The number of carboxylic acids is 1. The van der Waals surface area contributed by atoms with Crippen LogP contribution in [0.3, 0.4) is 0 Å². The molecule has 0 unspecified atom stereocenters. The molecule has 1 saturated heterocycles. The number of aromatic carboxylic acids is 1. The average Bonchev–Trinajstić information content (AvgIpc) is 3.42. The van der Waals surface area contributed by atoms with Crippen LogP contribution in [0.5, 0.6) is 5.88 Å². The van der Waals surface area contributed by atoms with Gasteiger partial charge in [0, 0.05) is 12.5 Å². The van der Waals surface area contributed by atoms with Crippen LogP contribution in [0.25, 0.3) is 0 Å². The number of halogens is 2. The van der Waals surface area contributed by atoms with Crippen molar-refractivity contribution in [3.8, 4) is 5.88 Å². The zero-order valence-corrected chi connectivity index (χ0v) is 18.7. The molecule has 4 rings (SSSR count). The lowest BCUT2D eigenvalue weighted by Gasteiger charge is -2.40. The van der Waals surface area contributed by atoms with E-state index >= 15 is 0 Å². The predicted octanol–water partition coefficient (Wildman–Crippen LogP) is 3.29. The number of hydrogen-bond acceptors (Lipinski definition) is 8. The fourth-order valence-corrected chi connectivity index (χ4v) is 2.81. The van der Waals surface area contributed by atoms with Crippen molar-refractivity contribution in [2.24, 2.45) is 5.92 Å². The van der Waals surface area contributed by atoms with Crippen molar-refractivity contribution < 1.29 is 27.8 Å². The number of nitrogens with one attached hydrogen (secondary N) is 1. The molecule has 0 spiro atoms. The highest BCUT2D eigenvalue weighted by Crippen LogP contribution is 2.37. The molecule has 0 radical (unpaired) electrons. The maximum Gasteiger partial charge on any atom is 0.354 e. The summed E-state index contributed by atoms with van der Waals surface area (Å²) >= 11 is 0. The van der Waals surface area contributed by atoms with Crippen LogP contribution in [0.2, 0.25) is 0 Å². The Morgan fingerprint density at radius 3 is 2.50 bits per heavy atom. The topological polar surface area (TPSA) is 114 Å². The van der Waals surface area contributed by atoms with Gasteiger partial charge >= 0.3 is 5.97 Å². The van der Waals surface area contributed by atoms with Gasteiger partial charge in [0.15, 0.2) is 5.69 Å². The second kappa shape index (κ2) is 9.35. The van der Waals surface area contributed by atoms with Gasteiger partial charge in [0.1, 0.15) is 5.69 Å². The van der Waals surface area contributed by atoms with Gasteiger partial charge < -0.3 is 24.5 Å². The number of carbonyl (C=O) groups is 1. The third kappa shape index (κ3) is 7.11. The number of carboxylic acid groups (broad SMARTS) is 1. The summed E-state index contributed by atoms with van der Waals surface area (Å²) in [6.45, 7) is 8.37. The molecular weight excluding hydrogens is 424 g/mol. The molecule has 2 aromatic rings. The van der Waals surface area contributed by atoms with Gasteiger partial charge in [-0.1, -0.05) is 0 Å². The lowest BCUT2D eigenvalue weighted by Crippen LogP contribution is -2.56. The van der Waals surface area contributed by atoms with Gasteiger partial charge in [-0.3, -0.25) is 0 Å². The van der Waals surface area contributed by atoms with Gasteiger partial charge in [-0.05, 0) is 51.7 Å². The minimum Gasteiger partial charge on any atom is -0.477 e. The molecule has 2 N–H and O–H groups in total. The second-order valence-corrected chi connectivity index (χ2v) is 9.11. The van der Waals surface area contributed by atoms with Crippen LogP contribution in [0.15, 0.2) is 16.5 Å². The molecule has 0 atom stereocenters. The van der Waals surface area contributed by atoms with E-state index in [1.54, 1.807) is 6.92 Å². The van der Waals surface area contributed by atoms with E-state index in [0.29, 0.717) is 36.5 Å². The van der Waals surface area contributed by atoms with Crippen molar-refractivity contribution in [1.82, 2.24) is 20.5 Å². The molecule has 3 heterocycles. The van der Waals surface area contributed by atoms with Crippen LogP contribution in [0, 0.1) is 12.8 Å². The predicted molar refractivity (Wildman–Crippen MR) is 112 cm³/mol. The first-order valence-corrected chi connectivity index (χ1v) is 10.5. The van der Waals surface area contributed by atoms with E-state index in [2.05, 4.69) is 41.3 Å². The number of nitrogens with zero attached hydrogens (tertiary/aromatic N) is 4. The zero-order chi connectivity index (χ0) is 23.5. The largest absolute Gasteiger partial charge is 0.477 e. The number of ether oxygens (including phenoxy) is 1. The standard InChI is InChI=1S/C13H14F2N2O3.C8H15N3O/c14-13(15)6-17(7-13)10-4-3-9(12(18)19)16-11(10)20-5-8-1-2-8;1-6-10-11-7(12-6)5-9-8(2,3)4/h3-4,8H,1-2,5-7H2,(H,18,19);9H,5H2,1-4H3. The van der Waals surface area contributed by atoms with Crippen molar-refractivity contribution >= 4 is 11.7 Å². The Bertz CT molecular complexity index is 933. The number of anilines is 1. The molecule has 1 aliphatic heterocycles. The number of hydrogen-bond donors (Lipinski definition) is 2. The molecule has 176 valence electrons. The summed E-state index contributed by atoms with van der Waals surface area (Å²) in [5.74, 6) is -2.01. The highest BCUT2D eigenvalue weighted by Gasteiger charge is 2.45. The lowest BCUT2D eigenvalue weighted by atomic mass is 10.1. The fourth-order valence-electron chi connectivity index (χ4n) is 2.81. The number of aryl methyl sites for hydroxylation is 1. The Labute approximate surface area is 185 Å². The molecule has 2 aliphatic rings. The van der Waals surface area contributed by atoms with E-state index in [0.717, 1.165) is 12.8 Å². The van der Waals surface area contributed by atoms with Crippen molar-refractivity contribution in [2.75, 3.05) is 24.6 Å². The number of aromatic nitrogens is 3. The van der Waals surface area contributed by atoms with Gasteiger partial charge in [-0.15, -0.1) is 10.2 Å². The molecule has 2 fully saturated rings. The van der Waals surface area contributed by atoms with Crippen LogP contribution in [0.1, 0.15) is 55.9 Å². The summed E-state index contributed by atoms with van der Waals surface area (Å²) in [7, 11) is 0. The maximum absolute atomic E-state index is 12.9. The summed E-state index contributed by atoms with van der Waals surface area (Å²) in [5.41, 5.74) is 0.371. The van der Waals surface area contributed by atoms with Gasteiger partial charge in [0.25, 0.3) is 5.92 Å². The van der Waals surface area contributed by atoms with Gasteiger partial charge in [0.05, 0.1) is 26.2 Å². The SMILES string of the molecule is Cc1nnc(CNC(C)(C)C)o1.O=C(O)c1ccc(N2CC(F)(F)C2)c(OCC2CC2)n1. The maximum atomic E-state index is 12.9. The minimum absolute atomic E-state index is 0.0857. The van der Waals surface area contributed by atoms with E-state index in [9.17, 15) is 13.6 Å². The second-order valence-electron chi connectivity index (χ2n) is 9.11. The van der Waals surface area contributed by atoms with Crippen LogP contribution >= 0.6 is 0 Å². The third-order valence-electron chi connectivity index (χ3n) is 4.73. The average molecular weight is 453 g/mol. The van der Waals surface area contributed by atoms with Gasteiger partial charge in [0.2, 0.25) is 17.7 Å². The fraction of sp³-hybridized carbons (Fsp3) is 0.619. The first kappa shape index (κ1) is 23.8. The van der Waals surface area contributed by atoms with E-state index < -0.39 is 11.9 Å². The molecule has 0 aromatic carbocycles. The zero-order valence-electron chi connectivity index (χ0n) is 18.7. The van der Waals surface area contributed by atoms with Crippen molar-refractivity contribution in [3.05, 3.63) is 29.6 Å².